The molecule has 1 aliphatic heterocycles. The van der Waals surface area contributed by atoms with Gasteiger partial charge in [-0.3, -0.25) is 9.59 Å². The third-order valence-electron chi connectivity index (χ3n) is 4.40. The molecule has 6 heteroatoms. The Kier molecular flexibility index (Phi) is 5.21. The Bertz CT molecular complexity index is 836. The van der Waals surface area contributed by atoms with E-state index in [2.05, 4.69) is 0 Å². The van der Waals surface area contributed by atoms with Gasteiger partial charge < -0.3 is 14.4 Å². The normalized spacial score (nSPS) is 15.5. The topological polar surface area (TPSA) is 55.8 Å². The minimum absolute atomic E-state index is 0.0225. The van der Waals surface area contributed by atoms with E-state index in [9.17, 15) is 14.0 Å². The van der Waals surface area contributed by atoms with Gasteiger partial charge in [0.2, 0.25) is 0 Å². The van der Waals surface area contributed by atoms with E-state index >= 15 is 0 Å². The Morgan fingerprint density at radius 3 is 2.73 bits per heavy atom. The van der Waals surface area contributed by atoms with Crippen molar-refractivity contribution < 1.29 is 23.5 Å². The van der Waals surface area contributed by atoms with E-state index in [1.54, 1.807) is 11.0 Å². The summed E-state index contributed by atoms with van der Waals surface area (Å²) in [5.74, 6) is -1.28. The SMILES string of the molecule is COc1ccc(CC(=O)OCC(=O)N2c3ccccc3C[C@H]2C)cc1F. The largest absolute Gasteiger partial charge is 0.494 e. The van der Waals surface area contributed by atoms with Crippen LogP contribution in [0.25, 0.3) is 0 Å². The lowest BCUT2D eigenvalue weighted by Crippen LogP contribution is -2.38. The second-order valence-corrected chi connectivity index (χ2v) is 6.25. The highest BCUT2D eigenvalue weighted by Gasteiger charge is 2.30. The van der Waals surface area contributed by atoms with Crippen LogP contribution in [0.5, 0.6) is 5.75 Å². The third-order valence-corrected chi connectivity index (χ3v) is 4.40. The highest BCUT2D eigenvalue weighted by Crippen LogP contribution is 2.31. The number of fused-ring (bicyclic) bond motifs is 1. The van der Waals surface area contributed by atoms with Gasteiger partial charge in [0, 0.05) is 11.7 Å². The Morgan fingerprint density at radius 1 is 1.23 bits per heavy atom. The molecule has 0 saturated heterocycles. The molecule has 26 heavy (non-hydrogen) atoms. The number of anilines is 1. The van der Waals surface area contributed by atoms with Crippen LogP contribution in [0.1, 0.15) is 18.1 Å². The lowest BCUT2D eigenvalue weighted by atomic mass is 10.1. The van der Waals surface area contributed by atoms with Crippen molar-refractivity contribution in [3.8, 4) is 5.75 Å². The highest BCUT2D eigenvalue weighted by atomic mass is 19.1. The number of para-hydroxylation sites is 1. The molecule has 0 aromatic heterocycles. The maximum atomic E-state index is 13.7. The van der Waals surface area contributed by atoms with E-state index in [0.29, 0.717) is 5.56 Å². The first-order valence-corrected chi connectivity index (χ1v) is 8.37. The number of hydrogen-bond acceptors (Lipinski definition) is 4. The zero-order valence-corrected chi connectivity index (χ0v) is 14.7. The van der Waals surface area contributed by atoms with Crippen LogP contribution in [-0.4, -0.2) is 31.6 Å². The average Bonchev–Trinajstić information content (AvgIpc) is 2.95. The second kappa shape index (κ2) is 7.56. The fourth-order valence-corrected chi connectivity index (χ4v) is 3.19. The minimum atomic E-state index is -0.581. The summed E-state index contributed by atoms with van der Waals surface area (Å²) in [5, 5.41) is 0. The zero-order valence-electron chi connectivity index (χ0n) is 14.7. The van der Waals surface area contributed by atoms with E-state index in [0.717, 1.165) is 17.7 Å². The molecular formula is C20H20FNO4. The summed E-state index contributed by atoms with van der Waals surface area (Å²) in [7, 11) is 1.37. The first kappa shape index (κ1) is 17.9. The average molecular weight is 357 g/mol. The summed E-state index contributed by atoms with van der Waals surface area (Å²) in [4.78, 5) is 26.1. The van der Waals surface area contributed by atoms with Crippen molar-refractivity contribution in [3.63, 3.8) is 0 Å². The number of methoxy groups -OCH3 is 1. The molecule has 5 nitrogen and oxygen atoms in total. The van der Waals surface area contributed by atoms with Crippen LogP contribution >= 0.6 is 0 Å². The molecule has 136 valence electrons. The van der Waals surface area contributed by atoms with Crippen LogP contribution in [0, 0.1) is 5.82 Å². The van der Waals surface area contributed by atoms with Crippen LogP contribution in [-0.2, 0) is 27.2 Å². The van der Waals surface area contributed by atoms with E-state index in [4.69, 9.17) is 9.47 Å². The van der Waals surface area contributed by atoms with Gasteiger partial charge in [0.1, 0.15) is 0 Å². The molecule has 0 spiro atoms. The number of halogens is 1. The molecule has 2 aromatic rings. The lowest BCUT2D eigenvalue weighted by Gasteiger charge is -2.22. The highest BCUT2D eigenvalue weighted by molar-refractivity contribution is 5.97. The number of rotatable bonds is 5. The van der Waals surface area contributed by atoms with Gasteiger partial charge in [0.05, 0.1) is 13.5 Å². The van der Waals surface area contributed by atoms with E-state index in [1.165, 1.54) is 19.2 Å². The Hall–Kier alpha value is -2.89. The third kappa shape index (κ3) is 3.69. The summed E-state index contributed by atoms with van der Waals surface area (Å²) in [6.45, 7) is 1.62. The molecular weight excluding hydrogens is 337 g/mol. The molecule has 0 aliphatic carbocycles. The van der Waals surface area contributed by atoms with Crippen molar-refractivity contribution in [2.24, 2.45) is 0 Å². The van der Waals surface area contributed by atoms with Crippen LogP contribution in [0.2, 0.25) is 0 Å². The number of esters is 1. The monoisotopic (exact) mass is 357 g/mol. The van der Waals surface area contributed by atoms with Gasteiger partial charge >= 0.3 is 5.97 Å². The molecule has 1 atom stereocenters. The van der Waals surface area contributed by atoms with Crippen molar-refractivity contribution in [3.05, 3.63) is 59.4 Å². The summed E-state index contributed by atoms with van der Waals surface area (Å²) < 4.78 is 23.6. The number of benzene rings is 2. The maximum Gasteiger partial charge on any atom is 0.310 e. The molecule has 0 saturated carbocycles. The predicted octanol–water partition coefficient (Wildman–Crippen LogP) is 2.90. The molecule has 0 N–H and O–H groups in total. The molecule has 1 aliphatic rings. The number of hydrogen-bond donors (Lipinski definition) is 0. The maximum absolute atomic E-state index is 13.7. The van der Waals surface area contributed by atoms with Gasteiger partial charge in [-0.15, -0.1) is 0 Å². The summed E-state index contributed by atoms with van der Waals surface area (Å²) in [6.07, 6.45) is 0.668. The Balaban J connectivity index is 1.58. The van der Waals surface area contributed by atoms with Gasteiger partial charge in [0.25, 0.3) is 5.91 Å². The number of amides is 1. The van der Waals surface area contributed by atoms with Crippen molar-refractivity contribution in [2.75, 3.05) is 18.6 Å². The second-order valence-electron chi connectivity index (χ2n) is 6.25. The molecule has 0 bridgehead atoms. The van der Waals surface area contributed by atoms with Gasteiger partial charge in [-0.2, -0.15) is 0 Å². The molecule has 2 aromatic carbocycles. The lowest BCUT2D eigenvalue weighted by molar-refractivity contribution is -0.147. The smallest absolute Gasteiger partial charge is 0.310 e. The van der Waals surface area contributed by atoms with E-state index in [-0.39, 0.29) is 30.7 Å². The summed E-state index contributed by atoms with van der Waals surface area (Å²) >= 11 is 0. The number of ether oxygens (including phenoxy) is 2. The predicted molar refractivity (Wildman–Crippen MR) is 94.7 cm³/mol. The summed E-state index contributed by atoms with van der Waals surface area (Å²) in [6, 6.07) is 12.0. The fraction of sp³-hybridized carbons (Fsp3) is 0.300. The van der Waals surface area contributed by atoms with Crippen molar-refractivity contribution in [2.45, 2.75) is 25.8 Å². The number of carbonyl (C=O) groups excluding carboxylic acids is 2. The summed E-state index contributed by atoms with van der Waals surface area (Å²) in [5.41, 5.74) is 2.42. The van der Waals surface area contributed by atoms with Gasteiger partial charge in [-0.25, -0.2) is 4.39 Å². The molecule has 1 amide bonds. The number of nitrogens with zero attached hydrogens (tertiary/aromatic N) is 1. The fourth-order valence-electron chi connectivity index (χ4n) is 3.19. The molecule has 0 fully saturated rings. The van der Waals surface area contributed by atoms with E-state index < -0.39 is 11.8 Å². The van der Waals surface area contributed by atoms with Crippen LogP contribution in [0.15, 0.2) is 42.5 Å². The first-order chi connectivity index (χ1) is 12.5. The van der Waals surface area contributed by atoms with Crippen LogP contribution in [0.3, 0.4) is 0 Å². The quantitative estimate of drug-likeness (QED) is 0.772. The van der Waals surface area contributed by atoms with Crippen molar-refractivity contribution in [1.82, 2.24) is 0 Å². The Morgan fingerprint density at radius 2 is 2.00 bits per heavy atom. The van der Waals surface area contributed by atoms with Crippen LogP contribution < -0.4 is 9.64 Å². The molecule has 0 unspecified atom stereocenters. The van der Waals surface area contributed by atoms with Gasteiger partial charge in [-0.1, -0.05) is 24.3 Å². The van der Waals surface area contributed by atoms with Crippen LogP contribution in [0.4, 0.5) is 10.1 Å². The molecule has 1 heterocycles. The van der Waals surface area contributed by atoms with Crippen molar-refractivity contribution >= 4 is 17.6 Å². The minimum Gasteiger partial charge on any atom is -0.494 e. The zero-order chi connectivity index (χ0) is 18.7. The standard InChI is InChI=1S/C20H20FNO4/c1-13-9-15-5-3-4-6-17(15)22(13)19(23)12-26-20(24)11-14-7-8-18(25-2)16(21)10-14/h3-8,10,13H,9,11-12H2,1-2H3/t13-/m1/s1. The van der Waals surface area contributed by atoms with Gasteiger partial charge in [-0.05, 0) is 42.7 Å². The number of carbonyl (C=O) groups is 2. The van der Waals surface area contributed by atoms with Crippen molar-refractivity contribution in [1.29, 1.82) is 0 Å². The molecule has 3 rings (SSSR count). The Labute approximate surface area is 151 Å². The molecule has 0 radical (unpaired) electrons. The first-order valence-electron chi connectivity index (χ1n) is 8.37. The van der Waals surface area contributed by atoms with E-state index in [1.807, 2.05) is 31.2 Å². The van der Waals surface area contributed by atoms with Gasteiger partial charge in [0.15, 0.2) is 18.2 Å².